The molecular weight excluding hydrogens is 355 g/mol. The summed E-state index contributed by atoms with van der Waals surface area (Å²) in [4.78, 5) is 4.62. The van der Waals surface area contributed by atoms with Crippen molar-refractivity contribution in [3.8, 4) is 0 Å². The van der Waals surface area contributed by atoms with Crippen molar-refractivity contribution < 1.29 is 17.7 Å². The highest BCUT2D eigenvalue weighted by Crippen LogP contribution is 2.29. The standard InChI is InChI=1S/C20H26F3N3O/c1-25(15-19-8-11-27-24-19)13-17-5-3-9-26(14-17)10-7-16-4-2-6-18(12-16)20(21,22)23/h2,4,6,8,11-12,17H,3,5,7,9-10,13-15H2,1H3. The molecule has 0 aliphatic carbocycles. The van der Waals surface area contributed by atoms with Crippen molar-refractivity contribution in [3.05, 3.63) is 53.4 Å². The van der Waals surface area contributed by atoms with Gasteiger partial charge < -0.3 is 14.3 Å². The third-order valence-electron chi connectivity index (χ3n) is 5.07. The molecular formula is C20H26F3N3O. The number of alkyl halides is 3. The lowest BCUT2D eigenvalue weighted by Crippen LogP contribution is -2.40. The summed E-state index contributed by atoms with van der Waals surface area (Å²) < 4.78 is 43.4. The summed E-state index contributed by atoms with van der Waals surface area (Å²) >= 11 is 0. The van der Waals surface area contributed by atoms with Gasteiger partial charge in [0.15, 0.2) is 0 Å². The summed E-state index contributed by atoms with van der Waals surface area (Å²) in [6.07, 6.45) is 0.264. The van der Waals surface area contributed by atoms with Crippen molar-refractivity contribution in [2.75, 3.05) is 33.2 Å². The molecule has 27 heavy (non-hydrogen) atoms. The number of nitrogens with zero attached hydrogens (tertiary/aromatic N) is 3. The molecule has 148 valence electrons. The molecule has 1 aromatic heterocycles. The smallest absolute Gasteiger partial charge is 0.364 e. The van der Waals surface area contributed by atoms with E-state index in [4.69, 9.17) is 4.52 Å². The minimum atomic E-state index is -4.28. The fourth-order valence-corrected chi connectivity index (χ4v) is 3.79. The van der Waals surface area contributed by atoms with Crippen LogP contribution in [0.15, 0.2) is 41.1 Å². The highest BCUT2D eigenvalue weighted by molar-refractivity contribution is 5.25. The van der Waals surface area contributed by atoms with Crippen molar-refractivity contribution in [2.45, 2.75) is 32.0 Å². The van der Waals surface area contributed by atoms with Crippen molar-refractivity contribution in [1.82, 2.24) is 15.0 Å². The van der Waals surface area contributed by atoms with Gasteiger partial charge in [-0.25, -0.2) is 0 Å². The van der Waals surface area contributed by atoms with Gasteiger partial charge in [0.2, 0.25) is 0 Å². The van der Waals surface area contributed by atoms with Gasteiger partial charge in [-0.1, -0.05) is 23.4 Å². The minimum Gasteiger partial charge on any atom is -0.364 e. The van der Waals surface area contributed by atoms with E-state index in [1.54, 1.807) is 12.3 Å². The zero-order valence-electron chi connectivity index (χ0n) is 15.6. The number of rotatable bonds is 7. The zero-order chi connectivity index (χ0) is 19.3. The second-order valence-electron chi connectivity index (χ2n) is 7.44. The molecule has 0 amide bonds. The normalized spacial score (nSPS) is 18.9. The van der Waals surface area contributed by atoms with E-state index in [1.807, 2.05) is 6.07 Å². The maximum absolute atomic E-state index is 12.8. The number of hydrogen-bond acceptors (Lipinski definition) is 4. The van der Waals surface area contributed by atoms with E-state index in [-0.39, 0.29) is 0 Å². The van der Waals surface area contributed by atoms with Gasteiger partial charge in [-0.3, -0.25) is 0 Å². The van der Waals surface area contributed by atoms with E-state index in [0.29, 0.717) is 12.3 Å². The van der Waals surface area contributed by atoms with Crippen LogP contribution in [0.5, 0.6) is 0 Å². The lowest BCUT2D eigenvalue weighted by molar-refractivity contribution is -0.137. The Labute approximate surface area is 157 Å². The first kappa shape index (κ1) is 19.9. The van der Waals surface area contributed by atoms with E-state index >= 15 is 0 Å². The second kappa shape index (κ2) is 8.89. The molecule has 3 rings (SSSR count). The summed E-state index contributed by atoms with van der Waals surface area (Å²) in [7, 11) is 2.08. The molecule has 0 spiro atoms. The van der Waals surface area contributed by atoms with Gasteiger partial charge in [0.1, 0.15) is 6.26 Å². The average molecular weight is 381 g/mol. The molecule has 1 saturated heterocycles. The number of benzene rings is 1. The summed E-state index contributed by atoms with van der Waals surface area (Å²) in [6.45, 7) is 4.54. The largest absolute Gasteiger partial charge is 0.416 e. The molecule has 0 radical (unpaired) electrons. The van der Waals surface area contributed by atoms with Crippen LogP contribution in [0.1, 0.15) is 29.7 Å². The summed E-state index contributed by atoms with van der Waals surface area (Å²) in [5, 5.41) is 3.94. The highest BCUT2D eigenvalue weighted by Gasteiger charge is 2.30. The van der Waals surface area contributed by atoms with Crippen molar-refractivity contribution in [3.63, 3.8) is 0 Å². The predicted molar refractivity (Wildman–Crippen MR) is 97.1 cm³/mol. The van der Waals surface area contributed by atoms with Crippen molar-refractivity contribution in [1.29, 1.82) is 0 Å². The van der Waals surface area contributed by atoms with Crippen LogP contribution >= 0.6 is 0 Å². The van der Waals surface area contributed by atoms with E-state index < -0.39 is 11.7 Å². The van der Waals surface area contributed by atoms with E-state index in [1.165, 1.54) is 18.6 Å². The molecule has 1 aliphatic rings. The van der Waals surface area contributed by atoms with Crippen LogP contribution in [0, 0.1) is 5.92 Å². The monoisotopic (exact) mass is 381 g/mol. The summed E-state index contributed by atoms with van der Waals surface area (Å²) in [6, 6.07) is 7.55. The summed E-state index contributed by atoms with van der Waals surface area (Å²) in [5.41, 5.74) is 1.11. The lowest BCUT2D eigenvalue weighted by Gasteiger charge is -2.34. The van der Waals surface area contributed by atoms with Crippen LogP contribution in [0.4, 0.5) is 13.2 Å². The van der Waals surface area contributed by atoms with Gasteiger partial charge in [-0.15, -0.1) is 0 Å². The third-order valence-corrected chi connectivity index (χ3v) is 5.07. The minimum absolute atomic E-state index is 0.564. The Morgan fingerprint density at radius 2 is 2.15 bits per heavy atom. The highest BCUT2D eigenvalue weighted by atomic mass is 19.4. The Morgan fingerprint density at radius 1 is 1.30 bits per heavy atom. The first-order valence-corrected chi connectivity index (χ1v) is 9.36. The van der Waals surface area contributed by atoms with Crippen LogP contribution in [0.3, 0.4) is 0 Å². The quantitative estimate of drug-likeness (QED) is 0.724. The molecule has 0 bridgehead atoms. The molecule has 1 aliphatic heterocycles. The third kappa shape index (κ3) is 6.07. The lowest BCUT2D eigenvalue weighted by atomic mass is 9.97. The Hall–Kier alpha value is -1.86. The fraction of sp³-hybridized carbons (Fsp3) is 0.550. The number of likely N-dealkylation sites (tertiary alicyclic amines) is 1. The van der Waals surface area contributed by atoms with E-state index in [2.05, 4.69) is 22.0 Å². The SMILES string of the molecule is CN(Cc1ccon1)CC1CCCN(CCc2cccc(C(F)(F)F)c2)C1. The van der Waals surface area contributed by atoms with Crippen LogP contribution in [-0.4, -0.2) is 48.2 Å². The average Bonchev–Trinajstić information content (AvgIpc) is 3.12. The fourth-order valence-electron chi connectivity index (χ4n) is 3.79. The Kier molecular flexibility index (Phi) is 6.55. The first-order chi connectivity index (χ1) is 12.9. The molecule has 0 N–H and O–H groups in total. The molecule has 4 nitrogen and oxygen atoms in total. The molecule has 2 heterocycles. The van der Waals surface area contributed by atoms with Gasteiger partial charge in [0, 0.05) is 32.2 Å². The van der Waals surface area contributed by atoms with Crippen LogP contribution in [0.25, 0.3) is 0 Å². The molecule has 1 atom stereocenters. The van der Waals surface area contributed by atoms with E-state index in [0.717, 1.165) is 56.5 Å². The van der Waals surface area contributed by atoms with Crippen LogP contribution < -0.4 is 0 Å². The maximum Gasteiger partial charge on any atom is 0.416 e. The number of aromatic nitrogens is 1. The van der Waals surface area contributed by atoms with E-state index in [9.17, 15) is 13.2 Å². The summed E-state index contributed by atoms with van der Waals surface area (Å²) in [5.74, 6) is 0.567. The Balaban J connectivity index is 1.47. The Morgan fingerprint density at radius 3 is 2.89 bits per heavy atom. The van der Waals surface area contributed by atoms with Crippen LogP contribution in [0.2, 0.25) is 0 Å². The van der Waals surface area contributed by atoms with Gasteiger partial charge in [0.05, 0.1) is 11.3 Å². The Bertz CT molecular complexity index is 703. The zero-order valence-corrected chi connectivity index (χ0v) is 15.6. The predicted octanol–water partition coefficient (Wildman–Crippen LogP) is 4.08. The second-order valence-corrected chi connectivity index (χ2v) is 7.44. The van der Waals surface area contributed by atoms with Gasteiger partial charge in [0.25, 0.3) is 0 Å². The van der Waals surface area contributed by atoms with Crippen LogP contribution in [-0.2, 0) is 19.1 Å². The first-order valence-electron chi connectivity index (χ1n) is 9.36. The number of halogens is 3. The molecule has 2 aromatic rings. The maximum atomic E-state index is 12.8. The molecule has 1 aromatic carbocycles. The van der Waals surface area contributed by atoms with Gasteiger partial charge >= 0.3 is 6.18 Å². The van der Waals surface area contributed by atoms with Crippen molar-refractivity contribution >= 4 is 0 Å². The number of piperidine rings is 1. The molecule has 1 fully saturated rings. The molecule has 0 saturated carbocycles. The number of hydrogen-bond donors (Lipinski definition) is 0. The van der Waals surface area contributed by atoms with Crippen molar-refractivity contribution in [2.24, 2.45) is 5.92 Å². The topological polar surface area (TPSA) is 32.5 Å². The van der Waals surface area contributed by atoms with Gasteiger partial charge in [-0.05, 0) is 50.4 Å². The molecule has 7 heteroatoms. The van der Waals surface area contributed by atoms with Gasteiger partial charge in [-0.2, -0.15) is 13.2 Å². The molecule has 1 unspecified atom stereocenters.